The van der Waals surface area contributed by atoms with E-state index >= 15 is 0 Å². The van der Waals surface area contributed by atoms with Crippen molar-refractivity contribution in [3.8, 4) is 0 Å². The first kappa shape index (κ1) is 12.0. The molecule has 0 amide bonds. The van der Waals surface area contributed by atoms with Gasteiger partial charge >= 0.3 is 0 Å². The minimum Gasteiger partial charge on any atom is -0.390 e. The smallest absolute Gasteiger partial charge is 0.108 e. The molecule has 15 heavy (non-hydrogen) atoms. The van der Waals surface area contributed by atoms with E-state index < -0.39 is 5.60 Å². The van der Waals surface area contributed by atoms with Crippen molar-refractivity contribution < 1.29 is 5.11 Å². The van der Waals surface area contributed by atoms with Crippen LogP contribution >= 0.6 is 0 Å². The predicted octanol–water partition coefficient (Wildman–Crippen LogP) is 2.07. The minimum atomic E-state index is -0.611. The molecule has 1 unspecified atom stereocenters. The van der Waals surface area contributed by atoms with Crippen LogP contribution in [0, 0.1) is 0 Å². The van der Waals surface area contributed by atoms with Crippen molar-refractivity contribution in [3.05, 3.63) is 30.9 Å². The Hall–Kier alpha value is -1.09. The van der Waals surface area contributed by atoms with Crippen molar-refractivity contribution in [3.63, 3.8) is 0 Å². The highest BCUT2D eigenvalue weighted by molar-refractivity contribution is 4.93. The highest BCUT2D eigenvalue weighted by Gasteiger charge is 2.19. The molecule has 1 aromatic rings. The molecule has 84 valence electrons. The molecule has 0 spiro atoms. The van der Waals surface area contributed by atoms with E-state index in [1.165, 1.54) is 0 Å². The summed E-state index contributed by atoms with van der Waals surface area (Å²) in [5.41, 5.74) is -0.611. The Kier molecular flexibility index (Phi) is 4.09. The van der Waals surface area contributed by atoms with Crippen LogP contribution in [-0.4, -0.2) is 20.3 Å². The monoisotopic (exact) mass is 208 g/mol. The van der Waals surface area contributed by atoms with Crippen LogP contribution in [0.5, 0.6) is 0 Å². The van der Waals surface area contributed by atoms with Gasteiger partial charge in [0.05, 0.1) is 5.60 Å². The summed E-state index contributed by atoms with van der Waals surface area (Å²) in [5.74, 6) is 1.02. The first-order valence-electron chi connectivity index (χ1n) is 5.34. The van der Waals surface area contributed by atoms with E-state index in [9.17, 15) is 5.11 Å². The summed E-state index contributed by atoms with van der Waals surface area (Å²) in [5, 5.41) is 10.1. The second kappa shape index (κ2) is 5.12. The Bertz CT molecular complexity index is 315. The maximum atomic E-state index is 10.1. The van der Waals surface area contributed by atoms with E-state index in [0.29, 0.717) is 0 Å². The molecule has 0 saturated carbocycles. The standard InChI is InChI=1S/C12H20N2O/c1-4-5-7-12(2,15)8-6-11-13-9-10-14(11)3/h4,9-10,15H,1,5-8H2,2-3H3. The number of aliphatic hydroxyl groups is 1. The van der Waals surface area contributed by atoms with Crippen molar-refractivity contribution in [2.75, 3.05) is 0 Å². The highest BCUT2D eigenvalue weighted by Crippen LogP contribution is 2.19. The Morgan fingerprint density at radius 3 is 2.87 bits per heavy atom. The molecular weight excluding hydrogens is 188 g/mol. The van der Waals surface area contributed by atoms with Crippen molar-refractivity contribution >= 4 is 0 Å². The molecule has 0 bridgehead atoms. The Morgan fingerprint density at radius 1 is 1.60 bits per heavy atom. The van der Waals surface area contributed by atoms with E-state index in [1.54, 1.807) is 6.20 Å². The number of nitrogens with zero attached hydrogens (tertiary/aromatic N) is 2. The molecule has 1 heterocycles. The van der Waals surface area contributed by atoms with Gasteiger partial charge in [0.2, 0.25) is 0 Å². The third kappa shape index (κ3) is 3.88. The molecule has 0 aliphatic rings. The van der Waals surface area contributed by atoms with Crippen molar-refractivity contribution in [1.29, 1.82) is 0 Å². The fraction of sp³-hybridized carbons (Fsp3) is 0.583. The average molecular weight is 208 g/mol. The summed E-state index contributed by atoms with van der Waals surface area (Å²) in [6.45, 7) is 5.53. The maximum Gasteiger partial charge on any atom is 0.108 e. The number of rotatable bonds is 6. The van der Waals surface area contributed by atoms with Crippen LogP contribution in [-0.2, 0) is 13.5 Å². The molecule has 1 rings (SSSR count). The zero-order chi connectivity index (χ0) is 11.3. The number of hydrogen-bond acceptors (Lipinski definition) is 2. The van der Waals surface area contributed by atoms with Crippen LogP contribution in [0.25, 0.3) is 0 Å². The van der Waals surface area contributed by atoms with Crippen LogP contribution in [0.3, 0.4) is 0 Å². The molecule has 1 aromatic heterocycles. The molecule has 3 heteroatoms. The third-order valence-corrected chi connectivity index (χ3v) is 2.70. The van der Waals surface area contributed by atoms with E-state index in [2.05, 4.69) is 11.6 Å². The Morgan fingerprint density at radius 2 is 2.33 bits per heavy atom. The zero-order valence-corrected chi connectivity index (χ0v) is 9.61. The van der Waals surface area contributed by atoms with Gasteiger partial charge in [-0.3, -0.25) is 0 Å². The van der Waals surface area contributed by atoms with Crippen molar-refractivity contribution in [1.82, 2.24) is 9.55 Å². The van der Waals surface area contributed by atoms with Gasteiger partial charge in [-0.1, -0.05) is 6.08 Å². The fourth-order valence-corrected chi connectivity index (χ4v) is 1.56. The Balaban J connectivity index is 2.42. The zero-order valence-electron chi connectivity index (χ0n) is 9.61. The van der Waals surface area contributed by atoms with E-state index in [0.717, 1.165) is 31.5 Å². The first-order chi connectivity index (χ1) is 7.05. The van der Waals surface area contributed by atoms with E-state index in [1.807, 2.05) is 30.8 Å². The van der Waals surface area contributed by atoms with Gasteiger partial charge in [-0.05, 0) is 26.2 Å². The first-order valence-corrected chi connectivity index (χ1v) is 5.34. The largest absolute Gasteiger partial charge is 0.390 e. The number of allylic oxidation sites excluding steroid dienone is 1. The third-order valence-electron chi connectivity index (χ3n) is 2.70. The van der Waals surface area contributed by atoms with Crippen LogP contribution < -0.4 is 0 Å². The number of aryl methyl sites for hydroxylation is 2. The summed E-state index contributed by atoms with van der Waals surface area (Å²) in [6, 6.07) is 0. The van der Waals surface area contributed by atoms with Gasteiger partial charge in [-0.25, -0.2) is 4.98 Å². The van der Waals surface area contributed by atoms with Gasteiger partial charge in [0.1, 0.15) is 5.82 Å². The van der Waals surface area contributed by atoms with Crippen LogP contribution in [0.15, 0.2) is 25.0 Å². The van der Waals surface area contributed by atoms with Crippen LogP contribution in [0.1, 0.15) is 32.0 Å². The maximum absolute atomic E-state index is 10.1. The van der Waals surface area contributed by atoms with Gasteiger partial charge in [0, 0.05) is 25.9 Å². The molecular formula is C12H20N2O. The quantitative estimate of drug-likeness (QED) is 0.727. The van der Waals surface area contributed by atoms with Crippen LogP contribution in [0.2, 0.25) is 0 Å². The summed E-state index contributed by atoms with van der Waals surface area (Å²) in [4.78, 5) is 4.23. The van der Waals surface area contributed by atoms with Crippen molar-refractivity contribution in [2.24, 2.45) is 7.05 Å². The molecule has 0 aromatic carbocycles. The Labute approximate surface area is 91.5 Å². The normalized spacial score (nSPS) is 14.9. The highest BCUT2D eigenvalue weighted by atomic mass is 16.3. The van der Waals surface area contributed by atoms with E-state index in [-0.39, 0.29) is 0 Å². The second-order valence-electron chi connectivity index (χ2n) is 4.28. The molecule has 0 aliphatic carbocycles. The lowest BCUT2D eigenvalue weighted by Gasteiger charge is -2.22. The van der Waals surface area contributed by atoms with Gasteiger partial charge in [-0.15, -0.1) is 6.58 Å². The van der Waals surface area contributed by atoms with E-state index in [4.69, 9.17) is 0 Å². The van der Waals surface area contributed by atoms with Gasteiger partial charge in [-0.2, -0.15) is 0 Å². The van der Waals surface area contributed by atoms with Gasteiger partial charge in [0.25, 0.3) is 0 Å². The lowest BCUT2D eigenvalue weighted by Crippen LogP contribution is -2.25. The SMILES string of the molecule is C=CCCC(C)(O)CCc1nccn1C. The molecule has 0 fully saturated rings. The second-order valence-corrected chi connectivity index (χ2v) is 4.28. The lowest BCUT2D eigenvalue weighted by atomic mass is 9.94. The summed E-state index contributed by atoms with van der Waals surface area (Å²) >= 11 is 0. The van der Waals surface area contributed by atoms with Crippen LogP contribution in [0.4, 0.5) is 0 Å². The topological polar surface area (TPSA) is 38.1 Å². The van der Waals surface area contributed by atoms with Crippen molar-refractivity contribution in [2.45, 2.75) is 38.2 Å². The molecule has 3 nitrogen and oxygen atoms in total. The average Bonchev–Trinajstić information content (AvgIpc) is 2.58. The number of hydrogen-bond donors (Lipinski definition) is 1. The summed E-state index contributed by atoms with van der Waals surface area (Å²) in [6.07, 6.45) is 8.73. The minimum absolute atomic E-state index is 0.611. The predicted molar refractivity (Wildman–Crippen MR) is 61.6 cm³/mol. The molecule has 0 aliphatic heterocycles. The lowest BCUT2D eigenvalue weighted by molar-refractivity contribution is 0.0426. The molecule has 0 radical (unpaired) electrons. The van der Waals surface area contributed by atoms with Gasteiger partial charge < -0.3 is 9.67 Å². The summed E-state index contributed by atoms with van der Waals surface area (Å²) < 4.78 is 1.99. The molecule has 1 N–H and O–H groups in total. The fourth-order valence-electron chi connectivity index (χ4n) is 1.56. The molecule has 0 saturated heterocycles. The number of aromatic nitrogens is 2. The summed E-state index contributed by atoms with van der Waals surface area (Å²) in [7, 11) is 1.97. The van der Waals surface area contributed by atoms with Gasteiger partial charge in [0.15, 0.2) is 0 Å². The molecule has 1 atom stereocenters. The number of imidazole rings is 1.